The highest BCUT2D eigenvalue weighted by molar-refractivity contribution is 6.30. The lowest BCUT2D eigenvalue weighted by Gasteiger charge is -2.33. The van der Waals surface area contributed by atoms with Crippen molar-refractivity contribution in [1.82, 2.24) is 0 Å². The summed E-state index contributed by atoms with van der Waals surface area (Å²) in [7, 11) is 1.78. The third-order valence-electron chi connectivity index (χ3n) is 4.57. The van der Waals surface area contributed by atoms with Crippen LogP contribution < -0.4 is 10.2 Å². The van der Waals surface area contributed by atoms with Crippen molar-refractivity contribution in [3.63, 3.8) is 0 Å². The molecule has 1 fully saturated rings. The van der Waals surface area contributed by atoms with E-state index < -0.39 is 0 Å². The molecule has 136 valence electrons. The monoisotopic (exact) mass is 370 g/mol. The second-order valence-electron chi connectivity index (χ2n) is 6.34. The number of carbonyl (C=O) groups excluding carboxylic acids is 1. The first-order valence-corrected chi connectivity index (χ1v) is 9.14. The van der Waals surface area contributed by atoms with E-state index in [1.807, 2.05) is 36.4 Å². The van der Waals surface area contributed by atoms with Gasteiger partial charge in [-0.25, -0.2) is 0 Å². The highest BCUT2D eigenvalue weighted by atomic mass is 35.5. The predicted octanol–water partition coefficient (Wildman–Crippen LogP) is 4.61. The van der Waals surface area contributed by atoms with E-state index in [0.717, 1.165) is 37.2 Å². The molecule has 5 heteroatoms. The molecule has 1 amide bonds. The molecule has 0 bridgehead atoms. The van der Waals surface area contributed by atoms with Crippen molar-refractivity contribution in [2.45, 2.75) is 18.9 Å². The summed E-state index contributed by atoms with van der Waals surface area (Å²) in [6, 6.07) is 15.3. The van der Waals surface area contributed by atoms with Gasteiger partial charge in [0.2, 0.25) is 5.91 Å². The second-order valence-corrected chi connectivity index (χ2v) is 6.78. The molecule has 2 aromatic rings. The van der Waals surface area contributed by atoms with Crippen molar-refractivity contribution in [3.05, 3.63) is 65.2 Å². The van der Waals surface area contributed by atoms with Gasteiger partial charge < -0.3 is 15.0 Å². The van der Waals surface area contributed by atoms with Crippen LogP contribution in [-0.4, -0.2) is 32.2 Å². The summed E-state index contributed by atoms with van der Waals surface area (Å²) in [5, 5.41) is 3.56. The number of anilines is 2. The highest BCUT2D eigenvalue weighted by Gasteiger charge is 2.18. The van der Waals surface area contributed by atoms with Crippen LogP contribution in [0.4, 0.5) is 11.4 Å². The zero-order valence-corrected chi connectivity index (χ0v) is 15.6. The number of carbonyl (C=O) groups is 1. The highest BCUT2D eigenvalue weighted by Crippen LogP contribution is 2.23. The molecule has 0 aromatic heterocycles. The Balaban J connectivity index is 1.53. The second kappa shape index (κ2) is 8.88. The fourth-order valence-electron chi connectivity index (χ4n) is 3.04. The van der Waals surface area contributed by atoms with E-state index in [-0.39, 0.29) is 5.91 Å². The lowest BCUT2D eigenvalue weighted by Crippen LogP contribution is -2.36. The van der Waals surface area contributed by atoms with Gasteiger partial charge in [-0.1, -0.05) is 23.7 Å². The summed E-state index contributed by atoms with van der Waals surface area (Å²) in [6.45, 7) is 1.99. The number of methoxy groups -OCH3 is 1. The van der Waals surface area contributed by atoms with Crippen LogP contribution in [-0.2, 0) is 9.53 Å². The van der Waals surface area contributed by atoms with E-state index in [4.69, 9.17) is 16.3 Å². The lowest BCUT2D eigenvalue weighted by atomic mass is 10.1. The number of hydrogen-bond donors (Lipinski definition) is 1. The van der Waals surface area contributed by atoms with Gasteiger partial charge in [0.15, 0.2) is 0 Å². The van der Waals surface area contributed by atoms with Crippen molar-refractivity contribution < 1.29 is 9.53 Å². The number of nitrogens with zero attached hydrogens (tertiary/aromatic N) is 1. The molecule has 3 rings (SSSR count). The topological polar surface area (TPSA) is 41.6 Å². The van der Waals surface area contributed by atoms with Gasteiger partial charge in [-0.2, -0.15) is 0 Å². The smallest absolute Gasteiger partial charge is 0.248 e. The first-order valence-electron chi connectivity index (χ1n) is 8.76. The Hall–Kier alpha value is -2.30. The van der Waals surface area contributed by atoms with Crippen LogP contribution in [0.15, 0.2) is 54.6 Å². The maximum absolute atomic E-state index is 12.1. The Morgan fingerprint density at radius 3 is 2.38 bits per heavy atom. The number of hydrogen-bond acceptors (Lipinski definition) is 3. The van der Waals surface area contributed by atoms with Crippen LogP contribution in [0, 0.1) is 0 Å². The minimum absolute atomic E-state index is 0.159. The Morgan fingerprint density at radius 2 is 1.77 bits per heavy atom. The lowest BCUT2D eigenvalue weighted by molar-refractivity contribution is -0.111. The molecule has 26 heavy (non-hydrogen) atoms. The average Bonchev–Trinajstić information content (AvgIpc) is 2.68. The Kier molecular flexibility index (Phi) is 6.31. The standard InChI is InChI=1S/C21H23ClN2O2/c1-26-20-12-14-24(15-13-20)19-9-7-18(8-10-19)23-21(25)11-4-16-2-5-17(22)6-3-16/h2-11,20H,12-15H2,1H3,(H,23,25)/b11-4+. The fourth-order valence-corrected chi connectivity index (χ4v) is 3.16. The number of rotatable bonds is 5. The van der Waals surface area contributed by atoms with Crippen molar-refractivity contribution in [3.8, 4) is 0 Å². The summed E-state index contributed by atoms with van der Waals surface area (Å²) in [5.74, 6) is -0.159. The molecule has 1 aliphatic rings. The van der Waals surface area contributed by atoms with E-state index in [2.05, 4.69) is 10.2 Å². The van der Waals surface area contributed by atoms with E-state index in [1.54, 1.807) is 25.3 Å². The maximum Gasteiger partial charge on any atom is 0.248 e. The summed E-state index contributed by atoms with van der Waals surface area (Å²) in [5.41, 5.74) is 2.89. The normalized spacial score (nSPS) is 15.4. The van der Waals surface area contributed by atoms with Crippen LogP contribution in [0.1, 0.15) is 18.4 Å². The number of amides is 1. The van der Waals surface area contributed by atoms with Crippen LogP contribution in [0.3, 0.4) is 0 Å². The summed E-state index contributed by atoms with van der Waals surface area (Å²) < 4.78 is 5.41. The molecule has 1 saturated heterocycles. The first kappa shape index (κ1) is 18.5. The van der Waals surface area contributed by atoms with Crippen LogP contribution in [0.25, 0.3) is 6.08 Å². The van der Waals surface area contributed by atoms with Crippen molar-refractivity contribution in [2.75, 3.05) is 30.4 Å². The van der Waals surface area contributed by atoms with Gasteiger partial charge in [0.05, 0.1) is 6.10 Å². The first-order chi connectivity index (χ1) is 12.6. The van der Waals surface area contributed by atoms with Gasteiger partial charge in [0.1, 0.15) is 0 Å². The summed E-state index contributed by atoms with van der Waals surface area (Å²) in [6.07, 6.45) is 5.75. The molecular formula is C21H23ClN2O2. The number of nitrogens with one attached hydrogen (secondary N) is 1. The van der Waals surface area contributed by atoms with E-state index in [1.165, 1.54) is 11.8 Å². The Morgan fingerprint density at radius 1 is 1.12 bits per heavy atom. The number of ether oxygens (including phenoxy) is 1. The van der Waals surface area contributed by atoms with Gasteiger partial charge in [-0.15, -0.1) is 0 Å². The van der Waals surface area contributed by atoms with Gasteiger partial charge in [0, 0.05) is 42.7 Å². The van der Waals surface area contributed by atoms with E-state index in [9.17, 15) is 4.79 Å². The molecule has 0 radical (unpaired) electrons. The van der Waals surface area contributed by atoms with Gasteiger partial charge in [-0.05, 0) is 60.9 Å². The minimum Gasteiger partial charge on any atom is -0.381 e. The third kappa shape index (κ3) is 5.10. The van der Waals surface area contributed by atoms with E-state index in [0.29, 0.717) is 11.1 Å². The zero-order valence-electron chi connectivity index (χ0n) is 14.8. The molecule has 0 aliphatic carbocycles. The Bertz CT molecular complexity index is 749. The zero-order chi connectivity index (χ0) is 18.4. The quantitative estimate of drug-likeness (QED) is 0.781. The molecule has 0 unspecified atom stereocenters. The molecule has 0 spiro atoms. The summed E-state index contributed by atoms with van der Waals surface area (Å²) in [4.78, 5) is 14.4. The molecular weight excluding hydrogens is 348 g/mol. The third-order valence-corrected chi connectivity index (χ3v) is 4.82. The number of benzene rings is 2. The van der Waals surface area contributed by atoms with Crippen molar-refractivity contribution in [1.29, 1.82) is 0 Å². The predicted molar refractivity (Wildman–Crippen MR) is 108 cm³/mol. The average molecular weight is 371 g/mol. The Labute approximate surface area is 159 Å². The molecule has 1 heterocycles. The number of halogens is 1. The molecule has 4 nitrogen and oxygen atoms in total. The van der Waals surface area contributed by atoms with Gasteiger partial charge >= 0.3 is 0 Å². The molecule has 2 aromatic carbocycles. The number of piperidine rings is 1. The van der Waals surface area contributed by atoms with Crippen LogP contribution in [0.2, 0.25) is 5.02 Å². The van der Waals surface area contributed by atoms with Crippen LogP contribution >= 0.6 is 11.6 Å². The maximum atomic E-state index is 12.1. The van der Waals surface area contributed by atoms with Crippen molar-refractivity contribution in [2.24, 2.45) is 0 Å². The largest absolute Gasteiger partial charge is 0.381 e. The van der Waals surface area contributed by atoms with Crippen LogP contribution in [0.5, 0.6) is 0 Å². The van der Waals surface area contributed by atoms with E-state index >= 15 is 0 Å². The van der Waals surface area contributed by atoms with Crippen molar-refractivity contribution >= 4 is 35.0 Å². The van der Waals surface area contributed by atoms with Gasteiger partial charge in [-0.3, -0.25) is 4.79 Å². The fraction of sp³-hybridized carbons (Fsp3) is 0.286. The minimum atomic E-state index is -0.159. The molecule has 1 N–H and O–H groups in total. The molecule has 1 aliphatic heterocycles. The SMILES string of the molecule is COC1CCN(c2ccc(NC(=O)/C=C/c3ccc(Cl)cc3)cc2)CC1. The molecule has 0 atom stereocenters. The summed E-state index contributed by atoms with van der Waals surface area (Å²) >= 11 is 5.85. The van der Waals surface area contributed by atoms with Gasteiger partial charge in [0.25, 0.3) is 0 Å². The molecule has 0 saturated carbocycles.